The number of carbonyl (C=O) groups is 1. The monoisotopic (exact) mass is 489 g/mol. The van der Waals surface area contributed by atoms with E-state index in [1.54, 1.807) is 28.5 Å². The van der Waals surface area contributed by atoms with Crippen LogP contribution in [0.4, 0.5) is 4.79 Å². The van der Waals surface area contributed by atoms with E-state index >= 15 is 0 Å². The lowest BCUT2D eigenvalue weighted by atomic mass is 9.97. The van der Waals surface area contributed by atoms with Crippen LogP contribution in [0.15, 0.2) is 89.7 Å². The van der Waals surface area contributed by atoms with Gasteiger partial charge in [-0.3, -0.25) is 9.36 Å². The quantitative estimate of drug-likeness (QED) is 0.374. The van der Waals surface area contributed by atoms with Crippen molar-refractivity contribution in [2.24, 2.45) is 0 Å². The molecule has 4 aromatic rings. The average molecular weight is 490 g/mol. The van der Waals surface area contributed by atoms with Crippen molar-refractivity contribution in [2.45, 2.75) is 32.9 Å². The van der Waals surface area contributed by atoms with E-state index in [-0.39, 0.29) is 18.1 Å². The molecule has 0 unspecified atom stereocenters. The Balaban J connectivity index is 1.43. The number of fused-ring (bicyclic) bond motifs is 1. The Labute approximate surface area is 216 Å². The van der Waals surface area contributed by atoms with E-state index in [4.69, 9.17) is 9.72 Å². The summed E-state index contributed by atoms with van der Waals surface area (Å²) in [6.07, 6.45) is -0.0484. The number of amides is 1. The van der Waals surface area contributed by atoms with Crippen molar-refractivity contribution in [1.29, 1.82) is 0 Å². The van der Waals surface area contributed by atoms with E-state index < -0.39 is 6.09 Å². The Hall–Kier alpha value is -4.63. The summed E-state index contributed by atoms with van der Waals surface area (Å²) in [5.74, 6) is 6.86. The molecule has 0 spiro atoms. The number of aryl methyl sites for hydroxylation is 1. The van der Waals surface area contributed by atoms with Gasteiger partial charge in [0.15, 0.2) is 0 Å². The van der Waals surface area contributed by atoms with Crippen molar-refractivity contribution in [2.75, 3.05) is 6.54 Å². The van der Waals surface area contributed by atoms with Crippen molar-refractivity contribution in [3.63, 3.8) is 0 Å². The molecule has 0 bridgehead atoms. The molecule has 0 radical (unpaired) electrons. The summed E-state index contributed by atoms with van der Waals surface area (Å²) in [7, 11) is 0. The molecule has 1 aromatic heterocycles. The first kappa shape index (κ1) is 24.1. The largest absolute Gasteiger partial charge is 0.415 e. The highest BCUT2D eigenvalue weighted by Gasteiger charge is 2.29. The molecule has 6 heteroatoms. The third kappa shape index (κ3) is 5.03. The molecule has 6 nitrogen and oxygen atoms in total. The summed E-state index contributed by atoms with van der Waals surface area (Å²) in [6.45, 7) is 4.23. The van der Waals surface area contributed by atoms with Gasteiger partial charge in [-0.1, -0.05) is 66.6 Å². The van der Waals surface area contributed by atoms with E-state index in [0.29, 0.717) is 35.8 Å². The Morgan fingerprint density at radius 3 is 2.16 bits per heavy atom. The first-order valence-corrected chi connectivity index (χ1v) is 12.3. The van der Waals surface area contributed by atoms with Crippen LogP contribution in [0, 0.1) is 18.8 Å². The summed E-state index contributed by atoms with van der Waals surface area (Å²) in [5, 5.41) is 0. The fraction of sp³-hybridized carbons (Fsp3) is 0.194. The van der Waals surface area contributed by atoms with E-state index in [0.717, 1.165) is 16.7 Å². The topological polar surface area (TPSA) is 64.4 Å². The molecule has 1 aliphatic heterocycles. The number of benzene rings is 3. The van der Waals surface area contributed by atoms with Gasteiger partial charge in [-0.15, -0.1) is 5.92 Å². The van der Waals surface area contributed by atoms with Crippen LogP contribution >= 0.6 is 0 Å². The van der Waals surface area contributed by atoms with Crippen LogP contribution in [0.1, 0.15) is 46.7 Å². The van der Waals surface area contributed by atoms with Crippen LogP contribution in [0.2, 0.25) is 0 Å². The van der Waals surface area contributed by atoms with Gasteiger partial charge in [-0.2, -0.15) is 0 Å². The van der Waals surface area contributed by atoms with E-state index in [1.807, 2.05) is 79.7 Å². The van der Waals surface area contributed by atoms with Crippen LogP contribution in [0.5, 0.6) is 5.75 Å². The second-order valence-electron chi connectivity index (χ2n) is 8.92. The van der Waals surface area contributed by atoms with Gasteiger partial charge in [-0.25, -0.2) is 9.78 Å². The Kier molecular flexibility index (Phi) is 6.87. The Bertz CT molecular complexity index is 1490. The van der Waals surface area contributed by atoms with Crippen LogP contribution in [-0.4, -0.2) is 27.1 Å². The standard InChI is InChI=1S/C31H27N3O3/c1-3-10-23-15-17-26(18-16-23)37-31(36)33-20-19-27-28(21-33)32-22(2)34(30(27)35)29(24-11-6-4-7-12-24)25-13-8-5-9-14-25/h4-9,11-18,29H,19-21H2,1-2H3. The normalized spacial score (nSPS) is 12.5. The number of ether oxygens (including phenoxy) is 1. The van der Waals surface area contributed by atoms with Crippen LogP contribution in [-0.2, 0) is 13.0 Å². The maximum Gasteiger partial charge on any atom is 0.415 e. The molecule has 0 atom stereocenters. The molecular weight excluding hydrogens is 462 g/mol. The first-order chi connectivity index (χ1) is 18.0. The minimum atomic E-state index is -0.463. The molecular formula is C31H27N3O3. The molecule has 0 fully saturated rings. The molecule has 0 aliphatic carbocycles. The molecule has 0 saturated heterocycles. The number of hydrogen-bond donors (Lipinski definition) is 0. The first-order valence-electron chi connectivity index (χ1n) is 12.3. The maximum absolute atomic E-state index is 13.9. The lowest BCUT2D eigenvalue weighted by molar-refractivity contribution is 0.145. The van der Waals surface area contributed by atoms with Crippen molar-refractivity contribution in [3.05, 3.63) is 129 Å². The van der Waals surface area contributed by atoms with Gasteiger partial charge in [0.2, 0.25) is 0 Å². The lowest BCUT2D eigenvalue weighted by Crippen LogP contribution is -2.43. The van der Waals surface area contributed by atoms with Gasteiger partial charge >= 0.3 is 6.09 Å². The maximum atomic E-state index is 13.9. The van der Waals surface area contributed by atoms with Gasteiger partial charge in [-0.05, 0) is 55.7 Å². The van der Waals surface area contributed by atoms with Gasteiger partial charge in [0.1, 0.15) is 11.6 Å². The van der Waals surface area contributed by atoms with Crippen molar-refractivity contribution in [1.82, 2.24) is 14.5 Å². The minimum Gasteiger partial charge on any atom is -0.410 e. The third-order valence-corrected chi connectivity index (χ3v) is 6.52. The van der Waals surface area contributed by atoms with E-state index in [2.05, 4.69) is 11.8 Å². The number of rotatable bonds is 4. The second kappa shape index (κ2) is 10.5. The van der Waals surface area contributed by atoms with Crippen LogP contribution in [0.3, 0.4) is 0 Å². The number of hydrogen-bond acceptors (Lipinski definition) is 4. The SMILES string of the molecule is CC#Cc1ccc(OC(=O)N2CCc3c(nc(C)n(C(c4ccccc4)c4ccccc4)c3=O)C2)cc1. The fourth-order valence-electron chi connectivity index (χ4n) is 4.76. The summed E-state index contributed by atoms with van der Waals surface area (Å²) < 4.78 is 7.34. The highest BCUT2D eigenvalue weighted by Crippen LogP contribution is 2.27. The van der Waals surface area contributed by atoms with Crippen LogP contribution < -0.4 is 10.3 Å². The zero-order valence-electron chi connectivity index (χ0n) is 20.8. The van der Waals surface area contributed by atoms with Gasteiger partial charge in [0.25, 0.3) is 5.56 Å². The highest BCUT2D eigenvalue weighted by atomic mass is 16.6. The minimum absolute atomic E-state index is 0.0687. The molecule has 0 saturated carbocycles. The van der Waals surface area contributed by atoms with Gasteiger partial charge in [0, 0.05) is 17.7 Å². The molecule has 1 amide bonds. The number of carbonyl (C=O) groups excluding carboxylic acids is 1. The van der Waals surface area contributed by atoms with Crippen LogP contribution in [0.25, 0.3) is 0 Å². The summed E-state index contributed by atoms with van der Waals surface area (Å²) in [6, 6.07) is 26.7. The smallest absolute Gasteiger partial charge is 0.410 e. The van der Waals surface area contributed by atoms with Gasteiger partial charge < -0.3 is 9.64 Å². The van der Waals surface area contributed by atoms with E-state index in [1.165, 1.54) is 0 Å². The Morgan fingerprint density at radius 1 is 0.946 bits per heavy atom. The summed E-state index contributed by atoms with van der Waals surface area (Å²) in [5.41, 5.74) is 4.08. The lowest BCUT2D eigenvalue weighted by Gasteiger charge is -2.30. The second-order valence-corrected chi connectivity index (χ2v) is 8.92. The zero-order valence-corrected chi connectivity index (χ0v) is 20.8. The van der Waals surface area contributed by atoms with E-state index in [9.17, 15) is 9.59 Å². The third-order valence-electron chi connectivity index (χ3n) is 6.52. The van der Waals surface area contributed by atoms with Crippen molar-refractivity contribution >= 4 is 6.09 Å². The Morgan fingerprint density at radius 2 is 1.57 bits per heavy atom. The molecule has 1 aliphatic rings. The summed E-state index contributed by atoms with van der Waals surface area (Å²) >= 11 is 0. The number of nitrogens with zero attached hydrogens (tertiary/aromatic N) is 3. The molecule has 2 heterocycles. The molecule has 37 heavy (non-hydrogen) atoms. The number of aromatic nitrogens is 2. The molecule has 0 N–H and O–H groups in total. The summed E-state index contributed by atoms with van der Waals surface area (Å²) in [4.78, 5) is 33.1. The zero-order chi connectivity index (χ0) is 25.8. The molecule has 184 valence electrons. The predicted molar refractivity (Wildman–Crippen MR) is 142 cm³/mol. The molecule has 3 aromatic carbocycles. The average Bonchev–Trinajstić information content (AvgIpc) is 2.93. The van der Waals surface area contributed by atoms with Gasteiger partial charge in [0.05, 0.1) is 18.3 Å². The highest BCUT2D eigenvalue weighted by molar-refractivity contribution is 5.71. The fourth-order valence-corrected chi connectivity index (χ4v) is 4.76. The van der Waals surface area contributed by atoms with Crippen molar-refractivity contribution < 1.29 is 9.53 Å². The molecule has 5 rings (SSSR count). The predicted octanol–water partition coefficient (Wildman–Crippen LogP) is 5.12. The van der Waals surface area contributed by atoms with Crippen molar-refractivity contribution in [3.8, 4) is 17.6 Å².